The fourth-order valence-electron chi connectivity index (χ4n) is 3.17. The van der Waals surface area contributed by atoms with E-state index in [1.807, 2.05) is 12.1 Å². The SMILES string of the molecule is Cc1ccc(CNCC2C(C)(C)C2(C)C)cc1[N+](=O)[O-]. The quantitative estimate of drug-likeness (QED) is 0.659. The van der Waals surface area contributed by atoms with Gasteiger partial charge < -0.3 is 5.32 Å². The lowest BCUT2D eigenvalue weighted by molar-refractivity contribution is -0.385. The molecule has 1 fully saturated rings. The Hall–Kier alpha value is -1.42. The van der Waals surface area contributed by atoms with Crippen molar-refractivity contribution in [2.45, 2.75) is 41.2 Å². The van der Waals surface area contributed by atoms with Crippen molar-refractivity contribution in [3.63, 3.8) is 0 Å². The maximum absolute atomic E-state index is 10.9. The summed E-state index contributed by atoms with van der Waals surface area (Å²) in [5.74, 6) is 0.662. The number of nitro benzene ring substituents is 1. The first-order valence-electron chi connectivity index (χ1n) is 7.12. The molecule has 4 nitrogen and oxygen atoms in total. The maximum Gasteiger partial charge on any atom is 0.272 e. The van der Waals surface area contributed by atoms with Gasteiger partial charge in [-0.25, -0.2) is 0 Å². The number of aryl methyl sites for hydroxylation is 1. The van der Waals surface area contributed by atoms with Crippen LogP contribution in [0.25, 0.3) is 0 Å². The molecular weight excluding hydrogens is 252 g/mol. The van der Waals surface area contributed by atoms with Gasteiger partial charge in [-0.2, -0.15) is 0 Å². The Kier molecular flexibility index (Phi) is 3.63. The largest absolute Gasteiger partial charge is 0.312 e. The predicted molar refractivity (Wildman–Crippen MR) is 80.6 cm³/mol. The molecule has 110 valence electrons. The number of benzene rings is 1. The Morgan fingerprint density at radius 1 is 1.25 bits per heavy atom. The molecule has 0 saturated heterocycles. The average Bonchev–Trinajstić information content (AvgIpc) is 2.73. The molecular formula is C16H24N2O2. The van der Waals surface area contributed by atoms with Gasteiger partial charge in [0.1, 0.15) is 0 Å². The second-order valence-electron chi connectivity index (χ2n) is 7.00. The van der Waals surface area contributed by atoms with Crippen LogP contribution in [-0.4, -0.2) is 11.5 Å². The van der Waals surface area contributed by atoms with Crippen molar-refractivity contribution in [3.8, 4) is 0 Å². The topological polar surface area (TPSA) is 55.2 Å². The van der Waals surface area contributed by atoms with Crippen LogP contribution in [0.1, 0.15) is 38.8 Å². The number of rotatable bonds is 5. The van der Waals surface area contributed by atoms with E-state index >= 15 is 0 Å². The molecule has 0 radical (unpaired) electrons. The lowest BCUT2D eigenvalue weighted by Crippen LogP contribution is -2.19. The molecule has 0 aromatic heterocycles. The third-order valence-electron chi connectivity index (χ3n) is 5.47. The second-order valence-corrected chi connectivity index (χ2v) is 7.00. The summed E-state index contributed by atoms with van der Waals surface area (Å²) < 4.78 is 0. The maximum atomic E-state index is 10.9. The minimum atomic E-state index is -0.314. The molecule has 0 bridgehead atoms. The van der Waals surface area contributed by atoms with Crippen LogP contribution in [0.5, 0.6) is 0 Å². The first-order valence-corrected chi connectivity index (χ1v) is 7.12. The van der Waals surface area contributed by atoms with E-state index in [1.165, 1.54) is 0 Å². The van der Waals surface area contributed by atoms with Gasteiger partial charge in [0.15, 0.2) is 0 Å². The van der Waals surface area contributed by atoms with Gasteiger partial charge in [0.25, 0.3) is 5.69 Å². The molecule has 0 atom stereocenters. The van der Waals surface area contributed by atoms with Crippen molar-refractivity contribution in [2.75, 3.05) is 6.54 Å². The number of nitro groups is 1. The van der Waals surface area contributed by atoms with Crippen LogP contribution < -0.4 is 5.32 Å². The molecule has 1 aromatic carbocycles. The molecule has 0 unspecified atom stereocenters. The molecule has 20 heavy (non-hydrogen) atoms. The standard InChI is InChI=1S/C16H24N2O2/c1-11-6-7-12(8-13(11)18(19)20)9-17-10-14-15(2,3)16(14,4)5/h6-8,14,17H,9-10H2,1-5H3. The third-order valence-corrected chi connectivity index (χ3v) is 5.47. The molecule has 0 amide bonds. The summed E-state index contributed by atoms with van der Waals surface area (Å²) >= 11 is 0. The number of nitrogens with zero attached hydrogens (tertiary/aromatic N) is 1. The second kappa shape index (κ2) is 4.85. The molecule has 1 aliphatic rings. The van der Waals surface area contributed by atoms with Crippen LogP contribution in [0, 0.1) is 33.8 Å². The summed E-state index contributed by atoms with van der Waals surface area (Å²) in [6.07, 6.45) is 0. The lowest BCUT2D eigenvalue weighted by atomic mass is 10.0. The van der Waals surface area contributed by atoms with Crippen LogP contribution in [-0.2, 0) is 6.54 Å². The van der Waals surface area contributed by atoms with E-state index in [4.69, 9.17) is 0 Å². The first kappa shape index (κ1) is 15.0. The fourth-order valence-corrected chi connectivity index (χ4v) is 3.17. The van der Waals surface area contributed by atoms with Crippen LogP contribution in [0.15, 0.2) is 18.2 Å². The van der Waals surface area contributed by atoms with Crippen molar-refractivity contribution in [1.29, 1.82) is 0 Å². The Bertz CT molecular complexity index is 521. The number of nitrogens with one attached hydrogen (secondary N) is 1. The highest BCUT2D eigenvalue weighted by Crippen LogP contribution is 2.67. The van der Waals surface area contributed by atoms with E-state index < -0.39 is 0 Å². The van der Waals surface area contributed by atoms with Crippen LogP contribution in [0.3, 0.4) is 0 Å². The molecule has 1 aromatic rings. The average molecular weight is 276 g/mol. The van der Waals surface area contributed by atoms with Crippen molar-refractivity contribution in [2.24, 2.45) is 16.7 Å². The highest BCUT2D eigenvalue weighted by molar-refractivity contribution is 5.42. The number of hydrogen-bond acceptors (Lipinski definition) is 3. The van der Waals surface area contributed by atoms with Crippen LogP contribution in [0.4, 0.5) is 5.69 Å². The summed E-state index contributed by atoms with van der Waals surface area (Å²) in [4.78, 5) is 10.6. The van der Waals surface area contributed by atoms with Crippen molar-refractivity contribution in [3.05, 3.63) is 39.4 Å². The Morgan fingerprint density at radius 2 is 1.85 bits per heavy atom. The summed E-state index contributed by atoms with van der Waals surface area (Å²) in [5.41, 5.74) is 2.64. The minimum Gasteiger partial charge on any atom is -0.312 e. The highest BCUT2D eigenvalue weighted by Gasteiger charge is 2.63. The van der Waals surface area contributed by atoms with Gasteiger partial charge in [0, 0.05) is 18.2 Å². The zero-order valence-electron chi connectivity index (χ0n) is 13.0. The Morgan fingerprint density at radius 3 is 2.35 bits per heavy atom. The van der Waals surface area contributed by atoms with E-state index in [0.717, 1.165) is 12.1 Å². The fraction of sp³-hybridized carbons (Fsp3) is 0.625. The molecule has 1 aliphatic carbocycles. The Labute approximate surface area is 120 Å². The Balaban J connectivity index is 1.93. The van der Waals surface area contributed by atoms with Crippen LogP contribution >= 0.6 is 0 Å². The number of hydrogen-bond donors (Lipinski definition) is 1. The molecule has 0 aliphatic heterocycles. The molecule has 0 spiro atoms. The van der Waals surface area contributed by atoms with Crippen molar-refractivity contribution >= 4 is 5.69 Å². The van der Waals surface area contributed by atoms with Crippen molar-refractivity contribution < 1.29 is 4.92 Å². The van der Waals surface area contributed by atoms with Gasteiger partial charge in [-0.3, -0.25) is 10.1 Å². The highest BCUT2D eigenvalue weighted by atomic mass is 16.6. The minimum absolute atomic E-state index is 0.205. The van der Waals surface area contributed by atoms with Gasteiger partial charge in [-0.1, -0.05) is 39.8 Å². The zero-order valence-corrected chi connectivity index (χ0v) is 13.0. The van der Waals surface area contributed by atoms with Gasteiger partial charge >= 0.3 is 0 Å². The van der Waals surface area contributed by atoms with E-state index in [2.05, 4.69) is 33.0 Å². The molecule has 1 saturated carbocycles. The van der Waals surface area contributed by atoms with E-state index in [1.54, 1.807) is 13.0 Å². The summed E-state index contributed by atoms with van der Waals surface area (Å²) in [5, 5.41) is 14.4. The normalized spacial score (nSPS) is 19.9. The van der Waals surface area contributed by atoms with Gasteiger partial charge in [0.05, 0.1) is 4.92 Å². The summed E-state index contributed by atoms with van der Waals surface area (Å²) in [6, 6.07) is 5.45. The molecule has 2 rings (SSSR count). The first-order chi connectivity index (χ1) is 9.18. The zero-order chi connectivity index (χ0) is 15.1. The molecule has 1 N–H and O–H groups in total. The smallest absolute Gasteiger partial charge is 0.272 e. The summed E-state index contributed by atoms with van der Waals surface area (Å²) in [7, 11) is 0. The van der Waals surface area contributed by atoms with E-state index in [9.17, 15) is 10.1 Å². The van der Waals surface area contributed by atoms with E-state index in [-0.39, 0.29) is 10.6 Å². The third kappa shape index (κ3) is 2.44. The van der Waals surface area contributed by atoms with Gasteiger partial charge in [-0.15, -0.1) is 0 Å². The van der Waals surface area contributed by atoms with E-state index in [0.29, 0.717) is 28.9 Å². The lowest BCUT2D eigenvalue weighted by Gasteiger charge is -2.07. The monoisotopic (exact) mass is 276 g/mol. The van der Waals surface area contributed by atoms with Gasteiger partial charge in [0.2, 0.25) is 0 Å². The summed E-state index contributed by atoms with van der Waals surface area (Å²) in [6.45, 7) is 12.6. The van der Waals surface area contributed by atoms with Crippen molar-refractivity contribution in [1.82, 2.24) is 5.32 Å². The molecule has 0 heterocycles. The molecule has 4 heteroatoms. The van der Waals surface area contributed by atoms with Gasteiger partial charge in [-0.05, 0) is 35.8 Å². The van der Waals surface area contributed by atoms with Crippen LogP contribution in [0.2, 0.25) is 0 Å². The predicted octanol–water partition coefficient (Wildman–Crippen LogP) is 3.68.